The number of aryl methyl sites for hydroxylation is 1. The van der Waals surface area contributed by atoms with E-state index in [0.717, 1.165) is 4.47 Å². The maximum atomic E-state index is 3.45. The van der Waals surface area contributed by atoms with E-state index in [0.29, 0.717) is 0 Å². The van der Waals surface area contributed by atoms with Crippen LogP contribution in [0.5, 0.6) is 0 Å². The lowest BCUT2D eigenvalue weighted by molar-refractivity contribution is 1.52. The van der Waals surface area contributed by atoms with E-state index in [1.54, 1.807) is 0 Å². The van der Waals surface area contributed by atoms with Crippen molar-refractivity contribution < 1.29 is 0 Å². The van der Waals surface area contributed by atoms with Gasteiger partial charge in [-0.05, 0) is 46.5 Å². The second-order valence-electron chi connectivity index (χ2n) is 5.29. The standard InChI is InChI=1S/C21H17Br/c1-16-10-13-18(21-9-5-4-8-20(16)21)7-3-2-6-17-11-14-19(22)15-12-17/h2-15H,1H3/b6-2+,7-3+. The predicted molar refractivity (Wildman–Crippen MR) is 101 cm³/mol. The van der Waals surface area contributed by atoms with E-state index < -0.39 is 0 Å². The fraction of sp³-hybridized carbons (Fsp3) is 0.0476. The van der Waals surface area contributed by atoms with Crippen LogP contribution in [-0.2, 0) is 0 Å². The first kappa shape index (κ1) is 14.8. The number of benzene rings is 3. The lowest BCUT2D eigenvalue weighted by atomic mass is 10.00. The van der Waals surface area contributed by atoms with Gasteiger partial charge >= 0.3 is 0 Å². The summed E-state index contributed by atoms with van der Waals surface area (Å²) in [7, 11) is 0. The molecule has 0 spiro atoms. The van der Waals surface area contributed by atoms with Gasteiger partial charge in [-0.3, -0.25) is 0 Å². The summed E-state index contributed by atoms with van der Waals surface area (Å²) in [5, 5.41) is 2.62. The summed E-state index contributed by atoms with van der Waals surface area (Å²) in [6.45, 7) is 2.16. The summed E-state index contributed by atoms with van der Waals surface area (Å²) in [5.41, 5.74) is 3.77. The minimum atomic E-state index is 1.10. The summed E-state index contributed by atoms with van der Waals surface area (Å²) >= 11 is 3.45. The van der Waals surface area contributed by atoms with Gasteiger partial charge in [0, 0.05) is 4.47 Å². The first-order valence-electron chi connectivity index (χ1n) is 7.33. The Kier molecular flexibility index (Phi) is 4.55. The molecule has 0 aliphatic rings. The largest absolute Gasteiger partial charge is 0.0617 e. The van der Waals surface area contributed by atoms with Crippen molar-refractivity contribution in [2.75, 3.05) is 0 Å². The normalized spacial score (nSPS) is 11.7. The van der Waals surface area contributed by atoms with E-state index in [1.165, 1.54) is 27.5 Å². The van der Waals surface area contributed by atoms with E-state index in [2.05, 4.69) is 108 Å². The Labute approximate surface area is 139 Å². The molecule has 3 aromatic rings. The molecule has 0 saturated carbocycles. The van der Waals surface area contributed by atoms with Gasteiger partial charge in [0.05, 0.1) is 0 Å². The molecule has 0 aromatic heterocycles. The quantitative estimate of drug-likeness (QED) is 0.465. The SMILES string of the molecule is Cc1ccc(/C=C/C=C/c2ccc(Br)cc2)c2ccccc12. The van der Waals surface area contributed by atoms with Crippen molar-refractivity contribution in [3.63, 3.8) is 0 Å². The topological polar surface area (TPSA) is 0 Å². The summed E-state index contributed by atoms with van der Waals surface area (Å²) in [6, 6.07) is 21.2. The van der Waals surface area contributed by atoms with E-state index >= 15 is 0 Å². The molecule has 0 aliphatic heterocycles. The van der Waals surface area contributed by atoms with Crippen molar-refractivity contribution in [3.8, 4) is 0 Å². The maximum Gasteiger partial charge on any atom is 0.0175 e. The fourth-order valence-corrected chi connectivity index (χ4v) is 2.78. The highest BCUT2D eigenvalue weighted by Crippen LogP contribution is 2.23. The molecule has 0 amide bonds. The Morgan fingerprint density at radius 3 is 2.18 bits per heavy atom. The molecular weight excluding hydrogens is 332 g/mol. The molecule has 0 nitrogen and oxygen atoms in total. The molecule has 1 heteroatoms. The van der Waals surface area contributed by atoms with E-state index in [-0.39, 0.29) is 0 Å². The van der Waals surface area contributed by atoms with Crippen LogP contribution in [0.2, 0.25) is 0 Å². The summed E-state index contributed by atoms with van der Waals surface area (Å²) in [4.78, 5) is 0. The molecule has 0 unspecified atom stereocenters. The van der Waals surface area contributed by atoms with Crippen molar-refractivity contribution in [1.29, 1.82) is 0 Å². The molecular formula is C21H17Br. The molecule has 0 fully saturated rings. The minimum Gasteiger partial charge on any atom is -0.0617 e. The fourth-order valence-electron chi connectivity index (χ4n) is 2.52. The highest BCUT2D eigenvalue weighted by Gasteiger charge is 1.99. The van der Waals surface area contributed by atoms with Crippen LogP contribution in [0, 0.1) is 6.92 Å². The Balaban J connectivity index is 1.84. The average Bonchev–Trinajstić information content (AvgIpc) is 2.55. The van der Waals surface area contributed by atoms with Crippen molar-refractivity contribution >= 4 is 38.9 Å². The van der Waals surface area contributed by atoms with E-state index in [1.807, 2.05) is 0 Å². The number of halogens is 1. The molecule has 0 aliphatic carbocycles. The highest BCUT2D eigenvalue weighted by atomic mass is 79.9. The summed E-state index contributed by atoms with van der Waals surface area (Å²) < 4.78 is 1.10. The summed E-state index contributed by atoms with van der Waals surface area (Å²) in [5.74, 6) is 0. The molecule has 3 aromatic carbocycles. The van der Waals surface area contributed by atoms with E-state index in [9.17, 15) is 0 Å². The van der Waals surface area contributed by atoms with Crippen LogP contribution in [0.1, 0.15) is 16.7 Å². The second kappa shape index (κ2) is 6.76. The van der Waals surface area contributed by atoms with Gasteiger partial charge in [0.2, 0.25) is 0 Å². The van der Waals surface area contributed by atoms with E-state index in [4.69, 9.17) is 0 Å². The monoisotopic (exact) mass is 348 g/mol. The first-order valence-corrected chi connectivity index (χ1v) is 8.12. The molecule has 0 radical (unpaired) electrons. The third kappa shape index (κ3) is 3.37. The Morgan fingerprint density at radius 2 is 1.41 bits per heavy atom. The van der Waals surface area contributed by atoms with Crippen LogP contribution >= 0.6 is 15.9 Å². The van der Waals surface area contributed by atoms with Gasteiger partial charge in [-0.2, -0.15) is 0 Å². The van der Waals surface area contributed by atoms with Crippen LogP contribution in [-0.4, -0.2) is 0 Å². The smallest absolute Gasteiger partial charge is 0.0175 e. The number of allylic oxidation sites excluding steroid dienone is 2. The van der Waals surface area contributed by atoms with Crippen LogP contribution in [0.4, 0.5) is 0 Å². The van der Waals surface area contributed by atoms with Gasteiger partial charge in [0.25, 0.3) is 0 Å². The van der Waals surface area contributed by atoms with Gasteiger partial charge in [0.15, 0.2) is 0 Å². The Bertz CT molecular complexity index is 839. The lowest BCUT2D eigenvalue weighted by Gasteiger charge is -2.05. The Hall–Kier alpha value is -2.12. The average molecular weight is 349 g/mol. The van der Waals surface area contributed by atoms with Crippen molar-refractivity contribution in [1.82, 2.24) is 0 Å². The molecule has 22 heavy (non-hydrogen) atoms. The van der Waals surface area contributed by atoms with Crippen LogP contribution in [0.25, 0.3) is 22.9 Å². The van der Waals surface area contributed by atoms with Crippen LogP contribution in [0.15, 0.2) is 77.3 Å². The van der Waals surface area contributed by atoms with Gasteiger partial charge in [-0.15, -0.1) is 0 Å². The minimum absolute atomic E-state index is 1.10. The molecule has 0 atom stereocenters. The zero-order valence-corrected chi connectivity index (χ0v) is 14.0. The lowest BCUT2D eigenvalue weighted by Crippen LogP contribution is -1.81. The molecule has 0 heterocycles. The van der Waals surface area contributed by atoms with Gasteiger partial charge in [-0.1, -0.05) is 88.8 Å². The molecule has 0 saturated heterocycles. The number of fused-ring (bicyclic) bond motifs is 1. The van der Waals surface area contributed by atoms with Crippen LogP contribution in [0.3, 0.4) is 0 Å². The second-order valence-corrected chi connectivity index (χ2v) is 6.20. The third-order valence-electron chi connectivity index (χ3n) is 3.72. The number of rotatable bonds is 3. The van der Waals surface area contributed by atoms with Gasteiger partial charge in [0.1, 0.15) is 0 Å². The Morgan fingerprint density at radius 1 is 0.727 bits per heavy atom. The molecule has 0 bridgehead atoms. The third-order valence-corrected chi connectivity index (χ3v) is 4.25. The first-order chi connectivity index (χ1) is 10.7. The van der Waals surface area contributed by atoms with Gasteiger partial charge in [-0.25, -0.2) is 0 Å². The van der Waals surface area contributed by atoms with Crippen molar-refractivity contribution in [2.24, 2.45) is 0 Å². The van der Waals surface area contributed by atoms with Crippen molar-refractivity contribution in [2.45, 2.75) is 6.92 Å². The molecule has 0 N–H and O–H groups in total. The zero-order valence-electron chi connectivity index (χ0n) is 12.5. The zero-order chi connectivity index (χ0) is 15.4. The number of hydrogen-bond donors (Lipinski definition) is 0. The predicted octanol–water partition coefficient (Wildman–Crippen LogP) is 6.64. The van der Waals surface area contributed by atoms with Gasteiger partial charge < -0.3 is 0 Å². The molecule has 3 rings (SSSR count). The summed E-state index contributed by atoms with van der Waals surface area (Å²) in [6.07, 6.45) is 8.45. The maximum absolute atomic E-state index is 3.45. The highest BCUT2D eigenvalue weighted by molar-refractivity contribution is 9.10. The number of hydrogen-bond acceptors (Lipinski definition) is 0. The molecule has 108 valence electrons. The van der Waals surface area contributed by atoms with Crippen molar-refractivity contribution in [3.05, 3.63) is 94.0 Å². The van der Waals surface area contributed by atoms with Crippen LogP contribution < -0.4 is 0 Å².